The second-order valence-electron chi connectivity index (χ2n) is 11.3. The van der Waals surface area contributed by atoms with Crippen molar-refractivity contribution in [3.63, 3.8) is 0 Å². The Labute approximate surface area is 184 Å². The number of fused-ring (bicyclic) bond motifs is 1. The van der Waals surface area contributed by atoms with Crippen LogP contribution in [0.5, 0.6) is 0 Å². The van der Waals surface area contributed by atoms with E-state index in [9.17, 15) is 15.3 Å². The number of hydrogen-bond acceptors (Lipinski definition) is 3. The first-order chi connectivity index (χ1) is 14.0. The van der Waals surface area contributed by atoms with Gasteiger partial charge in [0.15, 0.2) is 0 Å². The highest BCUT2D eigenvalue weighted by Crippen LogP contribution is 2.60. The van der Waals surface area contributed by atoms with Gasteiger partial charge >= 0.3 is 0 Å². The summed E-state index contributed by atoms with van der Waals surface area (Å²) in [6.07, 6.45) is 13.6. The van der Waals surface area contributed by atoms with Gasteiger partial charge in [0, 0.05) is 0 Å². The molecule has 0 aromatic rings. The highest BCUT2D eigenvalue weighted by molar-refractivity contribution is 5.39. The second kappa shape index (κ2) is 9.30. The lowest BCUT2D eigenvalue weighted by Gasteiger charge is -2.44. The van der Waals surface area contributed by atoms with Crippen molar-refractivity contribution in [3.8, 4) is 0 Å². The van der Waals surface area contributed by atoms with Crippen LogP contribution in [0.2, 0.25) is 0 Å². The Balaban J connectivity index is 1.72. The Hall–Kier alpha value is -0.900. The zero-order valence-electron chi connectivity index (χ0n) is 19.7. The number of rotatable bonds is 6. The molecule has 6 atom stereocenters. The van der Waals surface area contributed by atoms with Crippen LogP contribution in [0.15, 0.2) is 35.5 Å². The molecule has 3 heteroatoms. The minimum Gasteiger partial charge on any atom is -0.390 e. The summed E-state index contributed by atoms with van der Waals surface area (Å²) in [5, 5.41) is 30.5. The molecule has 3 N–H and O–H groups in total. The molecule has 0 unspecified atom stereocenters. The van der Waals surface area contributed by atoms with Gasteiger partial charge in [-0.25, -0.2) is 0 Å². The van der Waals surface area contributed by atoms with E-state index in [2.05, 4.69) is 32.6 Å². The van der Waals surface area contributed by atoms with Crippen molar-refractivity contribution in [2.24, 2.45) is 23.2 Å². The molecule has 0 aromatic carbocycles. The second-order valence-corrected chi connectivity index (χ2v) is 11.3. The monoisotopic (exact) mass is 416 g/mol. The van der Waals surface area contributed by atoms with Gasteiger partial charge in [0.25, 0.3) is 0 Å². The molecule has 0 radical (unpaired) electrons. The van der Waals surface area contributed by atoms with E-state index in [0.717, 1.165) is 42.7 Å². The summed E-state index contributed by atoms with van der Waals surface area (Å²) >= 11 is 0. The van der Waals surface area contributed by atoms with Gasteiger partial charge in [-0.15, -0.1) is 0 Å². The van der Waals surface area contributed by atoms with E-state index in [4.69, 9.17) is 0 Å². The highest BCUT2D eigenvalue weighted by atomic mass is 16.3. The molecule has 0 aliphatic heterocycles. The predicted octanol–water partition coefficient (Wildman–Crippen LogP) is 5.70. The number of aliphatic hydroxyl groups is 3. The SMILES string of the molecule is C=C1CC[C@H](O)[C@@H](O)/C1=C/C=C1\CCC[C@]2(C)[C@@H]([C@H](C)CCCC(C)(C)O)CC[C@@H]12. The molecular formula is C27H44O3. The smallest absolute Gasteiger partial charge is 0.105 e. The van der Waals surface area contributed by atoms with Crippen LogP contribution in [-0.2, 0) is 0 Å². The first-order valence-corrected chi connectivity index (χ1v) is 12.2. The fraction of sp³-hybridized carbons (Fsp3) is 0.778. The molecule has 0 heterocycles. The van der Waals surface area contributed by atoms with E-state index in [-0.39, 0.29) is 0 Å². The molecule has 3 saturated carbocycles. The summed E-state index contributed by atoms with van der Waals surface area (Å²) in [5.41, 5.74) is 3.12. The van der Waals surface area contributed by atoms with Crippen LogP contribution >= 0.6 is 0 Å². The van der Waals surface area contributed by atoms with Gasteiger partial charge in [-0.1, -0.05) is 51.0 Å². The third-order valence-corrected chi connectivity index (χ3v) is 8.48. The van der Waals surface area contributed by atoms with Gasteiger partial charge < -0.3 is 15.3 Å². The van der Waals surface area contributed by atoms with Gasteiger partial charge in [0.1, 0.15) is 6.10 Å². The van der Waals surface area contributed by atoms with Crippen molar-refractivity contribution in [2.75, 3.05) is 0 Å². The van der Waals surface area contributed by atoms with Crippen LogP contribution in [0.3, 0.4) is 0 Å². The van der Waals surface area contributed by atoms with Gasteiger partial charge in [0.2, 0.25) is 0 Å². The van der Waals surface area contributed by atoms with Gasteiger partial charge in [0.05, 0.1) is 11.7 Å². The van der Waals surface area contributed by atoms with Crippen LogP contribution in [0.25, 0.3) is 0 Å². The summed E-state index contributed by atoms with van der Waals surface area (Å²) in [4.78, 5) is 0. The van der Waals surface area contributed by atoms with Crippen molar-refractivity contribution in [1.29, 1.82) is 0 Å². The highest BCUT2D eigenvalue weighted by Gasteiger charge is 2.50. The lowest BCUT2D eigenvalue weighted by Crippen LogP contribution is -2.36. The topological polar surface area (TPSA) is 60.7 Å². The number of aliphatic hydroxyl groups excluding tert-OH is 2. The van der Waals surface area contributed by atoms with Crippen molar-refractivity contribution >= 4 is 0 Å². The molecule has 3 aliphatic carbocycles. The van der Waals surface area contributed by atoms with Gasteiger partial charge in [-0.3, -0.25) is 0 Å². The molecule has 0 aromatic heterocycles. The summed E-state index contributed by atoms with van der Waals surface area (Å²) in [6.45, 7) is 12.9. The Kier molecular flexibility index (Phi) is 7.37. The molecule has 0 bridgehead atoms. The first kappa shape index (κ1) is 23.8. The van der Waals surface area contributed by atoms with Gasteiger partial charge in [-0.05, 0) is 99.5 Å². The largest absolute Gasteiger partial charge is 0.390 e. The van der Waals surface area contributed by atoms with E-state index < -0.39 is 17.8 Å². The quantitative estimate of drug-likeness (QED) is 0.520. The molecule has 3 nitrogen and oxygen atoms in total. The minimum absolute atomic E-state index is 0.360. The lowest BCUT2D eigenvalue weighted by atomic mass is 9.60. The minimum atomic E-state index is -0.801. The Morgan fingerprint density at radius 1 is 1.17 bits per heavy atom. The maximum absolute atomic E-state index is 10.4. The Morgan fingerprint density at radius 3 is 2.60 bits per heavy atom. The maximum Gasteiger partial charge on any atom is 0.105 e. The standard InChI is InChI=1S/C27H44O3/c1-18-10-15-24(28)25(29)21(18)12-11-20-9-7-17-27(5)22(13-14-23(20)27)19(2)8-6-16-26(3,4)30/h11-12,19,22-25,28-30H,1,6-10,13-17H2,2-5H3/b20-11+,21-12+/t19-,22-,23+,24+,25+,27-/m1/s1. The number of hydrogen-bond donors (Lipinski definition) is 3. The average Bonchev–Trinajstić information content (AvgIpc) is 3.01. The van der Waals surface area contributed by atoms with E-state index >= 15 is 0 Å². The summed E-state index contributed by atoms with van der Waals surface area (Å²) < 4.78 is 0. The normalized spacial score (nSPS) is 38.8. The van der Waals surface area contributed by atoms with E-state index in [0.29, 0.717) is 23.7 Å². The van der Waals surface area contributed by atoms with E-state index in [1.807, 2.05) is 13.8 Å². The molecule has 0 amide bonds. The van der Waals surface area contributed by atoms with E-state index in [1.54, 1.807) is 0 Å². The summed E-state index contributed by atoms with van der Waals surface area (Å²) in [5.74, 6) is 2.07. The lowest BCUT2D eigenvalue weighted by molar-refractivity contribution is 0.0299. The molecule has 170 valence electrons. The molecule has 30 heavy (non-hydrogen) atoms. The maximum atomic E-state index is 10.4. The zero-order chi connectivity index (χ0) is 22.1. The van der Waals surface area contributed by atoms with Crippen LogP contribution < -0.4 is 0 Å². The van der Waals surface area contributed by atoms with Crippen LogP contribution in [0.4, 0.5) is 0 Å². The third-order valence-electron chi connectivity index (χ3n) is 8.48. The summed E-state index contributed by atoms with van der Waals surface area (Å²) in [6, 6.07) is 0. The zero-order valence-corrected chi connectivity index (χ0v) is 19.7. The third kappa shape index (κ3) is 5.11. The number of allylic oxidation sites excluding steroid dienone is 3. The van der Waals surface area contributed by atoms with Crippen molar-refractivity contribution in [2.45, 2.75) is 110 Å². The van der Waals surface area contributed by atoms with Crippen molar-refractivity contribution in [1.82, 2.24) is 0 Å². The Bertz CT molecular complexity index is 683. The van der Waals surface area contributed by atoms with E-state index in [1.165, 1.54) is 37.7 Å². The van der Waals surface area contributed by atoms with Crippen LogP contribution in [-0.4, -0.2) is 33.1 Å². The fourth-order valence-electron chi connectivity index (χ4n) is 6.73. The van der Waals surface area contributed by atoms with Gasteiger partial charge in [-0.2, -0.15) is 0 Å². The van der Waals surface area contributed by atoms with Crippen molar-refractivity contribution in [3.05, 3.63) is 35.5 Å². The molecular weight excluding hydrogens is 372 g/mol. The van der Waals surface area contributed by atoms with Crippen LogP contribution in [0, 0.1) is 23.2 Å². The molecule has 0 spiro atoms. The fourth-order valence-corrected chi connectivity index (χ4v) is 6.73. The summed E-state index contributed by atoms with van der Waals surface area (Å²) in [7, 11) is 0. The first-order valence-electron chi connectivity index (χ1n) is 12.2. The van der Waals surface area contributed by atoms with Crippen molar-refractivity contribution < 1.29 is 15.3 Å². The van der Waals surface area contributed by atoms with Crippen LogP contribution in [0.1, 0.15) is 91.9 Å². The predicted molar refractivity (Wildman–Crippen MR) is 124 cm³/mol. The molecule has 3 fully saturated rings. The molecule has 3 rings (SSSR count). The Morgan fingerprint density at radius 2 is 1.90 bits per heavy atom. The average molecular weight is 417 g/mol. The molecule has 3 aliphatic rings. The molecule has 0 saturated heterocycles.